The molecule has 0 saturated heterocycles. The molecule has 0 aliphatic carbocycles. The number of ether oxygens (including phenoxy) is 1. The second-order valence-electron chi connectivity index (χ2n) is 4.91. The third-order valence-corrected chi connectivity index (χ3v) is 3.16. The molecule has 5 heteroatoms. The summed E-state index contributed by atoms with van der Waals surface area (Å²) in [5, 5.41) is 0. The standard InChI is InChI=1S/C16H17NO4/c1-4-21-16(20)12-13(11-8-6-5-7-9-11)17(10(2)3)15(19)14(12)18/h5-10H,4H2,1-3H3. The van der Waals surface area contributed by atoms with E-state index in [-0.39, 0.29) is 18.2 Å². The molecule has 110 valence electrons. The summed E-state index contributed by atoms with van der Waals surface area (Å²) in [6, 6.07) is 8.69. The maximum absolute atomic E-state index is 12.2. The minimum atomic E-state index is -0.805. The zero-order valence-electron chi connectivity index (χ0n) is 12.3. The maximum Gasteiger partial charge on any atom is 0.344 e. The van der Waals surface area contributed by atoms with E-state index in [1.54, 1.807) is 45.0 Å². The summed E-state index contributed by atoms with van der Waals surface area (Å²) in [5.74, 6) is -2.24. The van der Waals surface area contributed by atoms with Gasteiger partial charge in [-0.15, -0.1) is 0 Å². The average molecular weight is 287 g/mol. The van der Waals surface area contributed by atoms with E-state index < -0.39 is 17.7 Å². The molecule has 1 aromatic carbocycles. The summed E-state index contributed by atoms with van der Waals surface area (Å²) in [6.45, 7) is 5.39. The summed E-state index contributed by atoms with van der Waals surface area (Å²) in [7, 11) is 0. The zero-order chi connectivity index (χ0) is 15.6. The van der Waals surface area contributed by atoms with Crippen LogP contribution in [0.15, 0.2) is 35.9 Å². The summed E-state index contributed by atoms with van der Waals surface area (Å²) in [5.41, 5.74) is 0.800. The fourth-order valence-electron chi connectivity index (χ4n) is 2.31. The Balaban J connectivity index is 2.64. The Labute approximate surface area is 123 Å². The lowest BCUT2D eigenvalue weighted by Gasteiger charge is -2.24. The van der Waals surface area contributed by atoms with Crippen molar-refractivity contribution in [3.8, 4) is 0 Å². The Morgan fingerprint density at radius 1 is 1.19 bits per heavy atom. The van der Waals surface area contributed by atoms with Crippen LogP contribution in [0.4, 0.5) is 0 Å². The average Bonchev–Trinajstić information content (AvgIpc) is 2.72. The Bertz CT molecular complexity index is 616. The van der Waals surface area contributed by atoms with Crippen molar-refractivity contribution in [1.82, 2.24) is 4.90 Å². The molecule has 0 spiro atoms. The number of nitrogens with zero attached hydrogens (tertiary/aromatic N) is 1. The van der Waals surface area contributed by atoms with E-state index in [1.807, 2.05) is 6.07 Å². The van der Waals surface area contributed by atoms with Crippen LogP contribution in [-0.2, 0) is 19.1 Å². The van der Waals surface area contributed by atoms with E-state index in [9.17, 15) is 14.4 Å². The van der Waals surface area contributed by atoms with Gasteiger partial charge >= 0.3 is 5.97 Å². The molecular formula is C16H17NO4. The largest absolute Gasteiger partial charge is 0.462 e. The number of carbonyl (C=O) groups is 3. The van der Waals surface area contributed by atoms with Gasteiger partial charge in [0.2, 0.25) is 0 Å². The highest BCUT2D eigenvalue weighted by atomic mass is 16.5. The summed E-state index contributed by atoms with van der Waals surface area (Å²) in [4.78, 5) is 37.8. The van der Waals surface area contributed by atoms with Crippen molar-refractivity contribution in [3.63, 3.8) is 0 Å². The molecule has 0 saturated carbocycles. The molecule has 5 nitrogen and oxygen atoms in total. The molecule has 1 aliphatic rings. The highest BCUT2D eigenvalue weighted by Crippen LogP contribution is 2.32. The highest BCUT2D eigenvalue weighted by molar-refractivity contribution is 6.54. The predicted octanol–water partition coefficient (Wildman–Crippen LogP) is 1.78. The number of esters is 1. The first-order valence-corrected chi connectivity index (χ1v) is 6.83. The summed E-state index contributed by atoms with van der Waals surface area (Å²) >= 11 is 0. The lowest BCUT2D eigenvalue weighted by molar-refractivity contribution is -0.144. The van der Waals surface area contributed by atoms with E-state index in [4.69, 9.17) is 4.74 Å². The minimum Gasteiger partial charge on any atom is -0.462 e. The number of amides is 1. The highest BCUT2D eigenvalue weighted by Gasteiger charge is 2.44. The van der Waals surface area contributed by atoms with Crippen molar-refractivity contribution in [1.29, 1.82) is 0 Å². The Kier molecular flexibility index (Phi) is 4.21. The van der Waals surface area contributed by atoms with Crippen LogP contribution in [0.2, 0.25) is 0 Å². The monoisotopic (exact) mass is 287 g/mol. The van der Waals surface area contributed by atoms with Gasteiger partial charge in [0.15, 0.2) is 0 Å². The van der Waals surface area contributed by atoms with Crippen LogP contribution in [0.5, 0.6) is 0 Å². The molecule has 0 atom stereocenters. The first-order valence-electron chi connectivity index (χ1n) is 6.83. The topological polar surface area (TPSA) is 63.7 Å². The molecule has 1 aliphatic heterocycles. The molecule has 0 aromatic heterocycles. The molecule has 1 aromatic rings. The third kappa shape index (κ3) is 2.59. The van der Waals surface area contributed by atoms with Crippen molar-refractivity contribution in [2.45, 2.75) is 26.8 Å². The van der Waals surface area contributed by atoms with Crippen LogP contribution in [0.25, 0.3) is 5.70 Å². The van der Waals surface area contributed by atoms with Crippen LogP contribution in [-0.4, -0.2) is 35.2 Å². The second-order valence-corrected chi connectivity index (χ2v) is 4.91. The number of carbonyl (C=O) groups excluding carboxylic acids is 3. The van der Waals surface area contributed by atoms with E-state index in [1.165, 1.54) is 4.90 Å². The number of rotatable bonds is 4. The van der Waals surface area contributed by atoms with Crippen molar-refractivity contribution in [2.24, 2.45) is 0 Å². The number of hydrogen-bond donors (Lipinski definition) is 0. The fraction of sp³-hybridized carbons (Fsp3) is 0.312. The normalized spacial score (nSPS) is 15.1. The molecule has 2 rings (SSSR count). The van der Waals surface area contributed by atoms with Gasteiger partial charge in [-0.2, -0.15) is 0 Å². The molecular weight excluding hydrogens is 270 g/mol. The Hall–Kier alpha value is -2.43. The van der Waals surface area contributed by atoms with Crippen molar-refractivity contribution in [3.05, 3.63) is 41.5 Å². The van der Waals surface area contributed by atoms with Crippen LogP contribution in [0.1, 0.15) is 26.3 Å². The van der Waals surface area contributed by atoms with E-state index in [0.29, 0.717) is 11.3 Å². The molecule has 0 radical (unpaired) electrons. The van der Waals surface area contributed by atoms with Crippen molar-refractivity contribution in [2.75, 3.05) is 6.61 Å². The number of hydrogen-bond acceptors (Lipinski definition) is 4. The third-order valence-electron chi connectivity index (χ3n) is 3.16. The molecule has 0 fully saturated rings. The molecule has 0 N–H and O–H groups in total. The minimum absolute atomic E-state index is 0.146. The first-order chi connectivity index (χ1) is 9.99. The van der Waals surface area contributed by atoms with Crippen LogP contribution < -0.4 is 0 Å². The van der Waals surface area contributed by atoms with E-state index in [0.717, 1.165) is 0 Å². The van der Waals surface area contributed by atoms with Crippen molar-refractivity contribution >= 4 is 23.4 Å². The molecule has 0 bridgehead atoms. The van der Waals surface area contributed by atoms with E-state index >= 15 is 0 Å². The summed E-state index contributed by atoms with van der Waals surface area (Å²) < 4.78 is 4.93. The van der Waals surface area contributed by atoms with Gasteiger partial charge in [-0.1, -0.05) is 30.3 Å². The zero-order valence-corrected chi connectivity index (χ0v) is 12.3. The Morgan fingerprint density at radius 3 is 2.33 bits per heavy atom. The van der Waals surface area contributed by atoms with Gasteiger partial charge in [-0.3, -0.25) is 9.59 Å². The predicted molar refractivity (Wildman–Crippen MR) is 77.0 cm³/mol. The van der Waals surface area contributed by atoms with Gasteiger partial charge < -0.3 is 9.64 Å². The number of ketones is 1. The second kappa shape index (κ2) is 5.91. The maximum atomic E-state index is 12.2. The van der Waals surface area contributed by atoms with Crippen molar-refractivity contribution < 1.29 is 19.1 Å². The van der Waals surface area contributed by atoms with Gasteiger partial charge in [-0.25, -0.2) is 4.79 Å². The lowest BCUT2D eigenvalue weighted by Crippen LogP contribution is -2.34. The molecule has 21 heavy (non-hydrogen) atoms. The number of benzene rings is 1. The van der Waals surface area contributed by atoms with Gasteiger partial charge in [0.25, 0.3) is 11.7 Å². The van der Waals surface area contributed by atoms with E-state index in [2.05, 4.69) is 0 Å². The van der Waals surface area contributed by atoms with Crippen LogP contribution >= 0.6 is 0 Å². The van der Waals surface area contributed by atoms with Gasteiger partial charge in [0, 0.05) is 6.04 Å². The SMILES string of the molecule is CCOC(=O)C1=C(c2ccccc2)N(C(C)C)C(=O)C1=O. The fourth-order valence-corrected chi connectivity index (χ4v) is 2.31. The quantitative estimate of drug-likeness (QED) is 0.481. The first kappa shape index (κ1) is 15.0. The lowest BCUT2D eigenvalue weighted by atomic mass is 10.1. The summed E-state index contributed by atoms with van der Waals surface area (Å²) in [6.07, 6.45) is 0. The smallest absolute Gasteiger partial charge is 0.344 e. The van der Waals surface area contributed by atoms with Gasteiger partial charge in [-0.05, 0) is 26.3 Å². The van der Waals surface area contributed by atoms with Crippen LogP contribution in [0, 0.1) is 0 Å². The van der Waals surface area contributed by atoms with Gasteiger partial charge in [0.05, 0.1) is 12.3 Å². The number of Topliss-reactive ketones (excluding diaryl/α,β-unsaturated/α-hetero) is 1. The molecule has 0 unspecified atom stereocenters. The molecule has 1 heterocycles. The van der Waals surface area contributed by atoms with Crippen LogP contribution in [0.3, 0.4) is 0 Å². The van der Waals surface area contributed by atoms with Gasteiger partial charge in [0.1, 0.15) is 5.57 Å². The molecule has 1 amide bonds. The Morgan fingerprint density at radius 2 is 1.81 bits per heavy atom.